The summed E-state index contributed by atoms with van der Waals surface area (Å²) in [5, 5.41) is 3.54. The topological polar surface area (TPSA) is 21.3 Å². The van der Waals surface area contributed by atoms with Gasteiger partial charge in [-0.1, -0.05) is 43.2 Å². The molecule has 1 saturated carbocycles. The van der Waals surface area contributed by atoms with Crippen molar-refractivity contribution in [2.45, 2.75) is 50.2 Å². The van der Waals surface area contributed by atoms with Gasteiger partial charge in [0.15, 0.2) is 0 Å². The number of rotatable bonds is 3. The molecule has 2 atom stereocenters. The smallest absolute Gasteiger partial charge is 0.0686 e. The largest absolute Gasteiger partial charge is 0.375 e. The molecule has 1 aromatic carbocycles. The van der Waals surface area contributed by atoms with Crippen molar-refractivity contribution in [1.82, 2.24) is 5.32 Å². The second-order valence-corrected chi connectivity index (χ2v) is 6.17. The van der Waals surface area contributed by atoms with Crippen LogP contribution in [-0.4, -0.2) is 19.3 Å². The summed E-state index contributed by atoms with van der Waals surface area (Å²) in [6, 6.07) is 11.4. The molecule has 1 aromatic rings. The summed E-state index contributed by atoms with van der Waals surface area (Å²) < 4.78 is 6.16. The van der Waals surface area contributed by atoms with Crippen molar-refractivity contribution < 1.29 is 4.74 Å². The fourth-order valence-electron chi connectivity index (χ4n) is 4.05. The van der Waals surface area contributed by atoms with E-state index in [4.69, 9.17) is 4.74 Å². The van der Waals surface area contributed by atoms with Crippen LogP contribution in [0, 0.1) is 5.92 Å². The average Bonchev–Trinajstić information content (AvgIpc) is 2.89. The van der Waals surface area contributed by atoms with E-state index in [1.165, 1.54) is 44.1 Å². The van der Waals surface area contributed by atoms with Crippen LogP contribution in [0.2, 0.25) is 0 Å². The lowest BCUT2D eigenvalue weighted by Crippen LogP contribution is -2.41. The van der Waals surface area contributed by atoms with Gasteiger partial charge >= 0.3 is 0 Å². The van der Waals surface area contributed by atoms with Gasteiger partial charge in [-0.3, -0.25) is 0 Å². The Hall–Kier alpha value is -0.860. The normalized spacial score (nSPS) is 27.5. The highest BCUT2D eigenvalue weighted by molar-refractivity contribution is 5.20. The molecule has 0 aromatic heterocycles. The van der Waals surface area contributed by atoms with Crippen LogP contribution in [-0.2, 0) is 4.74 Å². The van der Waals surface area contributed by atoms with Crippen LogP contribution in [0.4, 0.5) is 0 Å². The zero-order valence-electron chi connectivity index (χ0n) is 11.9. The molecular formula is C17H25NO. The van der Waals surface area contributed by atoms with Gasteiger partial charge in [0, 0.05) is 12.6 Å². The number of hydrogen-bond donors (Lipinski definition) is 1. The molecule has 1 spiro atoms. The molecule has 3 rings (SSSR count). The van der Waals surface area contributed by atoms with Crippen molar-refractivity contribution in [1.29, 1.82) is 0 Å². The van der Waals surface area contributed by atoms with Crippen LogP contribution in [0.25, 0.3) is 0 Å². The van der Waals surface area contributed by atoms with E-state index in [2.05, 4.69) is 42.7 Å². The van der Waals surface area contributed by atoms with Crippen LogP contribution in [0.15, 0.2) is 30.3 Å². The Morgan fingerprint density at radius 2 is 1.95 bits per heavy atom. The second kappa shape index (κ2) is 5.64. The maximum absolute atomic E-state index is 6.16. The predicted molar refractivity (Wildman–Crippen MR) is 78.1 cm³/mol. The fraction of sp³-hybridized carbons (Fsp3) is 0.647. The van der Waals surface area contributed by atoms with Crippen LogP contribution >= 0.6 is 0 Å². The molecule has 0 bridgehead atoms. The Morgan fingerprint density at radius 3 is 2.63 bits per heavy atom. The SMILES string of the molecule is CNC(c1ccccc1)C1CCOC2(CCCC2)C1. The minimum Gasteiger partial charge on any atom is -0.375 e. The first-order chi connectivity index (χ1) is 9.33. The highest BCUT2D eigenvalue weighted by Gasteiger charge is 2.41. The second-order valence-electron chi connectivity index (χ2n) is 6.17. The third kappa shape index (κ3) is 2.70. The van der Waals surface area contributed by atoms with Gasteiger partial charge in [-0.05, 0) is 44.2 Å². The molecule has 0 amide bonds. The molecular weight excluding hydrogens is 234 g/mol. The van der Waals surface area contributed by atoms with E-state index in [9.17, 15) is 0 Å². The van der Waals surface area contributed by atoms with Crippen LogP contribution in [0.3, 0.4) is 0 Å². The summed E-state index contributed by atoms with van der Waals surface area (Å²) in [6.45, 7) is 0.940. The van der Waals surface area contributed by atoms with Gasteiger partial charge in [-0.25, -0.2) is 0 Å². The van der Waals surface area contributed by atoms with Crippen molar-refractivity contribution >= 4 is 0 Å². The molecule has 0 radical (unpaired) electrons. The van der Waals surface area contributed by atoms with Crippen LogP contribution in [0.1, 0.15) is 50.1 Å². The monoisotopic (exact) mass is 259 g/mol. The Morgan fingerprint density at radius 1 is 1.21 bits per heavy atom. The molecule has 2 nitrogen and oxygen atoms in total. The number of benzene rings is 1. The van der Waals surface area contributed by atoms with E-state index in [1.54, 1.807) is 0 Å². The van der Waals surface area contributed by atoms with Gasteiger partial charge in [-0.2, -0.15) is 0 Å². The van der Waals surface area contributed by atoms with E-state index in [1.807, 2.05) is 0 Å². The summed E-state index contributed by atoms with van der Waals surface area (Å²) in [6.07, 6.45) is 7.66. The van der Waals surface area contributed by atoms with E-state index >= 15 is 0 Å². The van der Waals surface area contributed by atoms with E-state index in [0.717, 1.165) is 6.61 Å². The van der Waals surface area contributed by atoms with Gasteiger partial charge in [0.25, 0.3) is 0 Å². The third-order valence-electron chi connectivity index (χ3n) is 4.99. The molecule has 1 heterocycles. The summed E-state index contributed by atoms with van der Waals surface area (Å²) in [5.41, 5.74) is 1.64. The Balaban J connectivity index is 1.76. The van der Waals surface area contributed by atoms with Crippen molar-refractivity contribution in [3.05, 3.63) is 35.9 Å². The van der Waals surface area contributed by atoms with Gasteiger partial charge < -0.3 is 10.1 Å². The summed E-state index contributed by atoms with van der Waals surface area (Å²) in [7, 11) is 2.09. The highest BCUT2D eigenvalue weighted by atomic mass is 16.5. The van der Waals surface area contributed by atoms with Gasteiger partial charge in [0.2, 0.25) is 0 Å². The molecule has 2 unspecified atom stereocenters. The minimum absolute atomic E-state index is 0.215. The summed E-state index contributed by atoms with van der Waals surface area (Å²) >= 11 is 0. The predicted octanol–water partition coefficient (Wildman–Crippen LogP) is 3.69. The summed E-state index contributed by atoms with van der Waals surface area (Å²) in [4.78, 5) is 0. The minimum atomic E-state index is 0.215. The molecule has 2 aliphatic rings. The van der Waals surface area contributed by atoms with Crippen LogP contribution in [0.5, 0.6) is 0 Å². The Labute approximate surface area is 116 Å². The first-order valence-electron chi connectivity index (χ1n) is 7.69. The quantitative estimate of drug-likeness (QED) is 0.894. The lowest BCUT2D eigenvalue weighted by Gasteiger charge is -2.41. The lowest BCUT2D eigenvalue weighted by molar-refractivity contribution is -0.0978. The number of nitrogens with one attached hydrogen (secondary N) is 1. The van der Waals surface area contributed by atoms with Crippen molar-refractivity contribution in [3.8, 4) is 0 Å². The molecule has 1 aliphatic heterocycles. The molecule has 1 saturated heterocycles. The molecule has 1 aliphatic carbocycles. The average molecular weight is 259 g/mol. The molecule has 19 heavy (non-hydrogen) atoms. The lowest BCUT2D eigenvalue weighted by atomic mass is 9.78. The third-order valence-corrected chi connectivity index (χ3v) is 4.99. The van der Waals surface area contributed by atoms with E-state index in [-0.39, 0.29) is 5.60 Å². The van der Waals surface area contributed by atoms with Crippen LogP contribution < -0.4 is 5.32 Å². The Bertz CT molecular complexity index is 397. The van der Waals surface area contributed by atoms with Gasteiger partial charge in [0.05, 0.1) is 5.60 Å². The maximum atomic E-state index is 6.16. The number of hydrogen-bond acceptors (Lipinski definition) is 2. The Kier molecular flexibility index (Phi) is 3.90. The zero-order chi connectivity index (χ0) is 13.1. The van der Waals surface area contributed by atoms with Crippen molar-refractivity contribution in [3.63, 3.8) is 0 Å². The van der Waals surface area contributed by atoms with E-state index < -0.39 is 0 Å². The number of ether oxygens (including phenoxy) is 1. The van der Waals surface area contributed by atoms with Gasteiger partial charge in [-0.15, -0.1) is 0 Å². The maximum Gasteiger partial charge on any atom is 0.0686 e. The molecule has 104 valence electrons. The highest BCUT2D eigenvalue weighted by Crippen LogP contribution is 2.45. The fourth-order valence-corrected chi connectivity index (χ4v) is 4.05. The standard InChI is InChI=1S/C17H25NO/c1-18-16(14-7-3-2-4-8-14)15-9-12-19-17(13-15)10-5-6-11-17/h2-4,7-8,15-16,18H,5-6,9-13H2,1H3. The molecule has 2 heteroatoms. The summed E-state index contributed by atoms with van der Waals surface area (Å²) in [5.74, 6) is 0.708. The van der Waals surface area contributed by atoms with Gasteiger partial charge in [0.1, 0.15) is 0 Å². The first-order valence-corrected chi connectivity index (χ1v) is 7.69. The zero-order valence-corrected chi connectivity index (χ0v) is 11.9. The van der Waals surface area contributed by atoms with Crippen molar-refractivity contribution in [2.24, 2.45) is 5.92 Å². The van der Waals surface area contributed by atoms with E-state index in [0.29, 0.717) is 12.0 Å². The molecule has 1 N–H and O–H groups in total. The van der Waals surface area contributed by atoms with Crippen molar-refractivity contribution in [2.75, 3.05) is 13.7 Å². The molecule has 2 fully saturated rings. The first kappa shape index (κ1) is 13.1.